The Labute approximate surface area is 107 Å². The number of nitrogens with two attached hydrogens (primary N) is 1. The van der Waals surface area contributed by atoms with Crippen LogP contribution in [0.25, 0.3) is 0 Å². The molecule has 1 aliphatic carbocycles. The Hall–Kier alpha value is -1.14. The van der Waals surface area contributed by atoms with Crippen LogP contribution < -0.4 is 16.4 Å². The van der Waals surface area contributed by atoms with Crippen molar-refractivity contribution in [1.29, 1.82) is 0 Å². The molecular weight excluding hydrogens is 232 g/mol. The lowest BCUT2D eigenvalue weighted by atomic mass is 10.1. The molecule has 6 nitrogen and oxygen atoms in total. The average Bonchev–Trinajstić information content (AvgIpc) is 3.12. The Kier molecular flexibility index (Phi) is 4.54. The molecule has 102 valence electrons. The predicted molar refractivity (Wildman–Crippen MR) is 67.8 cm³/mol. The van der Waals surface area contributed by atoms with Gasteiger partial charge in [0.05, 0.1) is 13.1 Å². The van der Waals surface area contributed by atoms with Crippen molar-refractivity contribution in [3.63, 3.8) is 0 Å². The summed E-state index contributed by atoms with van der Waals surface area (Å²) in [5.41, 5.74) is 5.15. The number of amides is 2. The topological polar surface area (TPSA) is 87.5 Å². The van der Waals surface area contributed by atoms with Gasteiger partial charge in [0.2, 0.25) is 11.8 Å². The zero-order chi connectivity index (χ0) is 13.0. The van der Waals surface area contributed by atoms with Gasteiger partial charge in [-0.1, -0.05) is 0 Å². The summed E-state index contributed by atoms with van der Waals surface area (Å²) in [6.07, 6.45) is 4.17. The number of hydrogen-bond donors (Lipinski definition) is 3. The molecule has 4 N–H and O–H groups in total. The fourth-order valence-corrected chi connectivity index (χ4v) is 2.26. The van der Waals surface area contributed by atoms with E-state index in [0.717, 1.165) is 25.9 Å². The molecule has 2 rings (SSSR count). The summed E-state index contributed by atoms with van der Waals surface area (Å²) < 4.78 is 0. The highest BCUT2D eigenvalue weighted by molar-refractivity contribution is 5.78. The van der Waals surface area contributed by atoms with Crippen LogP contribution in [0.1, 0.15) is 25.7 Å². The lowest BCUT2D eigenvalue weighted by Crippen LogP contribution is -2.48. The Morgan fingerprint density at radius 2 is 1.78 bits per heavy atom. The molecule has 2 fully saturated rings. The van der Waals surface area contributed by atoms with Crippen LogP contribution >= 0.6 is 0 Å². The summed E-state index contributed by atoms with van der Waals surface area (Å²) in [5, 5.41) is 6.23. The first-order chi connectivity index (χ1) is 8.63. The first-order valence-corrected chi connectivity index (χ1v) is 6.67. The van der Waals surface area contributed by atoms with Crippen molar-refractivity contribution in [1.82, 2.24) is 15.5 Å². The van der Waals surface area contributed by atoms with E-state index in [1.54, 1.807) is 0 Å². The molecule has 2 aliphatic rings. The second-order valence-corrected chi connectivity index (χ2v) is 5.24. The van der Waals surface area contributed by atoms with Crippen molar-refractivity contribution < 1.29 is 9.59 Å². The second kappa shape index (κ2) is 6.15. The molecule has 1 saturated carbocycles. The normalized spacial score (nSPS) is 21.8. The van der Waals surface area contributed by atoms with Crippen LogP contribution in [-0.4, -0.2) is 55.0 Å². The fraction of sp³-hybridized carbons (Fsp3) is 0.833. The predicted octanol–water partition coefficient (Wildman–Crippen LogP) is -1.20. The van der Waals surface area contributed by atoms with Gasteiger partial charge < -0.3 is 16.4 Å². The van der Waals surface area contributed by atoms with E-state index in [1.165, 1.54) is 12.8 Å². The Morgan fingerprint density at radius 3 is 2.33 bits per heavy atom. The van der Waals surface area contributed by atoms with Gasteiger partial charge in [0.25, 0.3) is 0 Å². The van der Waals surface area contributed by atoms with Crippen LogP contribution in [0.4, 0.5) is 0 Å². The molecule has 0 atom stereocenters. The van der Waals surface area contributed by atoms with E-state index >= 15 is 0 Å². The SMILES string of the molecule is NC(=O)CN1CCC(NC(=O)CNC2CC2)CC1. The largest absolute Gasteiger partial charge is 0.369 e. The van der Waals surface area contributed by atoms with Crippen LogP contribution in [0.5, 0.6) is 0 Å². The number of likely N-dealkylation sites (tertiary alicyclic amines) is 1. The van der Waals surface area contributed by atoms with Gasteiger partial charge in [-0.2, -0.15) is 0 Å². The third-order valence-corrected chi connectivity index (χ3v) is 3.46. The number of carbonyl (C=O) groups is 2. The third-order valence-electron chi connectivity index (χ3n) is 3.46. The minimum atomic E-state index is -0.286. The van der Waals surface area contributed by atoms with Crippen molar-refractivity contribution >= 4 is 11.8 Å². The smallest absolute Gasteiger partial charge is 0.234 e. The van der Waals surface area contributed by atoms with Gasteiger partial charge in [-0.3, -0.25) is 14.5 Å². The maximum Gasteiger partial charge on any atom is 0.234 e. The van der Waals surface area contributed by atoms with Crippen LogP contribution in [0.2, 0.25) is 0 Å². The van der Waals surface area contributed by atoms with Crippen LogP contribution in [0, 0.1) is 0 Å². The molecule has 1 saturated heterocycles. The van der Waals surface area contributed by atoms with E-state index in [1.807, 2.05) is 4.90 Å². The van der Waals surface area contributed by atoms with Gasteiger partial charge in [-0.05, 0) is 25.7 Å². The monoisotopic (exact) mass is 254 g/mol. The lowest BCUT2D eigenvalue weighted by molar-refractivity contribution is -0.122. The average molecular weight is 254 g/mol. The molecule has 0 aromatic carbocycles. The number of hydrogen-bond acceptors (Lipinski definition) is 4. The van der Waals surface area contributed by atoms with Crippen LogP contribution in [0.15, 0.2) is 0 Å². The Balaban J connectivity index is 1.60. The van der Waals surface area contributed by atoms with E-state index in [-0.39, 0.29) is 17.9 Å². The van der Waals surface area contributed by atoms with Gasteiger partial charge in [-0.15, -0.1) is 0 Å². The first-order valence-electron chi connectivity index (χ1n) is 6.67. The number of carbonyl (C=O) groups excluding carboxylic acids is 2. The van der Waals surface area contributed by atoms with Gasteiger partial charge in [0.1, 0.15) is 0 Å². The number of nitrogens with one attached hydrogen (secondary N) is 2. The molecule has 0 spiro atoms. The van der Waals surface area contributed by atoms with E-state index < -0.39 is 0 Å². The lowest BCUT2D eigenvalue weighted by Gasteiger charge is -2.31. The van der Waals surface area contributed by atoms with Crippen LogP contribution in [-0.2, 0) is 9.59 Å². The number of primary amides is 1. The quantitative estimate of drug-likeness (QED) is 0.556. The Morgan fingerprint density at radius 1 is 1.11 bits per heavy atom. The number of piperidine rings is 1. The van der Waals surface area contributed by atoms with Crippen molar-refractivity contribution in [3.05, 3.63) is 0 Å². The highest BCUT2D eigenvalue weighted by Crippen LogP contribution is 2.18. The fourth-order valence-electron chi connectivity index (χ4n) is 2.26. The summed E-state index contributed by atoms with van der Waals surface area (Å²) in [7, 11) is 0. The molecule has 0 aromatic heterocycles. The minimum absolute atomic E-state index is 0.0789. The van der Waals surface area contributed by atoms with Gasteiger partial charge in [0.15, 0.2) is 0 Å². The molecule has 2 amide bonds. The van der Waals surface area contributed by atoms with Crippen molar-refractivity contribution in [2.75, 3.05) is 26.2 Å². The van der Waals surface area contributed by atoms with E-state index in [0.29, 0.717) is 19.1 Å². The number of nitrogens with zero attached hydrogens (tertiary/aromatic N) is 1. The molecular formula is C12H22N4O2. The Bertz CT molecular complexity index is 309. The molecule has 0 aromatic rings. The highest BCUT2D eigenvalue weighted by atomic mass is 16.2. The van der Waals surface area contributed by atoms with E-state index in [2.05, 4.69) is 10.6 Å². The summed E-state index contributed by atoms with van der Waals surface area (Å²) in [6.45, 7) is 2.39. The van der Waals surface area contributed by atoms with E-state index in [4.69, 9.17) is 5.73 Å². The zero-order valence-corrected chi connectivity index (χ0v) is 10.7. The maximum absolute atomic E-state index is 11.6. The maximum atomic E-state index is 11.6. The number of rotatable bonds is 6. The molecule has 6 heteroatoms. The summed E-state index contributed by atoms with van der Waals surface area (Å²) in [5.74, 6) is -0.207. The van der Waals surface area contributed by atoms with E-state index in [9.17, 15) is 9.59 Å². The molecule has 0 bridgehead atoms. The summed E-state index contributed by atoms with van der Waals surface area (Å²) in [4.78, 5) is 24.5. The van der Waals surface area contributed by atoms with Gasteiger partial charge >= 0.3 is 0 Å². The second-order valence-electron chi connectivity index (χ2n) is 5.24. The molecule has 1 heterocycles. The minimum Gasteiger partial charge on any atom is -0.369 e. The first kappa shape index (κ1) is 13.3. The van der Waals surface area contributed by atoms with Crippen molar-refractivity contribution in [2.24, 2.45) is 5.73 Å². The molecule has 1 aliphatic heterocycles. The van der Waals surface area contributed by atoms with Crippen LogP contribution in [0.3, 0.4) is 0 Å². The van der Waals surface area contributed by atoms with Gasteiger partial charge in [0, 0.05) is 25.2 Å². The van der Waals surface area contributed by atoms with Crippen molar-refractivity contribution in [2.45, 2.75) is 37.8 Å². The molecule has 18 heavy (non-hydrogen) atoms. The standard InChI is InChI=1S/C12H22N4O2/c13-11(17)8-16-5-3-10(4-6-16)15-12(18)7-14-9-1-2-9/h9-10,14H,1-8H2,(H2,13,17)(H,15,18). The summed E-state index contributed by atoms with van der Waals surface area (Å²) in [6, 6.07) is 0.802. The summed E-state index contributed by atoms with van der Waals surface area (Å²) >= 11 is 0. The van der Waals surface area contributed by atoms with Crippen molar-refractivity contribution in [3.8, 4) is 0 Å². The van der Waals surface area contributed by atoms with Gasteiger partial charge in [-0.25, -0.2) is 0 Å². The molecule has 0 radical (unpaired) electrons. The highest BCUT2D eigenvalue weighted by Gasteiger charge is 2.23. The molecule has 0 unspecified atom stereocenters. The third kappa shape index (κ3) is 4.62. The zero-order valence-electron chi connectivity index (χ0n) is 10.7.